The van der Waals surface area contributed by atoms with Crippen LogP contribution in [0.2, 0.25) is 0 Å². The number of carboxylic acid groups (broad SMARTS) is 1. The molecule has 1 aromatic rings. The number of hydrogen-bond donors (Lipinski definition) is 1. The normalized spacial score (nSPS) is 24.3. The number of carboxylic acids is 1. The Morgan fingerprint density at radius 2 is 1.95 bits per heavy atom. The number of nitrogens with zero attached hydrogens (tertiary/aromatic N) is 1. The first-order chi connectivity index (χ1) is 9.06. The first-order valence-electron chi connectivity index (χ1n) is 7.09. The number of rotatable bonds is 4. The largest absolute Gasteiger partial charge is 0.481 e. The van der Waals surface area contributed by atoms with Crippen LogP contribution in [0.3, 0.4) is 0 Å². The maximum atomic E-state index is 10.9. The second kappa shape index (κ2) is 6.20. The van der Waals surface area contributed by atoms with Crippen molar-refractivity contribution in [2.24, 2.45) is 5.92 Å². The van der Waals surface area contributed by atoms with E-state index in [2.05, 4.69) is 24.8 Å². The van der Waals surface area contributed by atoms with Crippen molar-refractivity contribution in [1.82, 2.24) is 4.90 Å². The van der Waals surface area contributed by atoms with Gasteiger partial charge in [-0.3, -0.25) is 9.69 Å². The number of hydrogen-bond acceptors (Lipinski definition) is 2. The third kappa shape index (κ3) is 3.80. The molecule has 104 valence electrons. The summed E-state index contributed by atoms with van der Waals surface area (Å²) < 4.78 is 0. The van der Waals surface area contributed by atoms with Gasteiger partial charge in [0.1, 0.15) is 0 Å². The van der Waals surface area contributed by atoms with Crippen LogP contribution in [0, 0.1) is 5.92 Å². The lowest BCUT2D eigenvalue weighted by Gasteiger charge is -2.37. The van der Waals surface area contributed by atoms with E-state index < -0.39 is 5.97 Å². The van der Waals surface area contributed by atoms with Crippen molar-refractivity contribution >= 4 is 5.97 Å². The van der Waals surface area contributed by atoms with E-state index in [0.717, 1.165) is 30.1 Å². The zero-order valence-corrected chi connectivity index (χ0v) is 11.8. The summed E-state index contributed by atoms with van der Waals surface area (Å²) in [6, 6.07) is 8.50. The Morgan fingerprint density at radius 1 is 1.26 bits per heavy atom. The zero-order chi connectivity index (χ0) is 13.8. The molecule has 0 saturated carbocycles. The first kappa shape index (κ1) is 14.1. The Hall–Kier alpha value is -1.35. The van der Waals surface area contributed by atoms with Crippen LogP contribution in [0.5, 0.6) is 0 Å². The predicted octanol–water partition coefficient (Wildman–Crippen LogP) is 2.93. The van der Waals surface area contributed by atoms with E-state index in [-0.39, 0.29) is 6.42 Å². The average molecular weight is 261 g/mol. The van der Waals surface area contributed by atoms with Gasteiger partial charge in [-0.25, -0.2) is 0 Å². The van der Waals surface area contributed by atoms with E-state index in [1.165, 1.54) is 12.8 Å². The Kier molecular flexibility index (Phi) is 4.59. The van der Waals surface area contributed by atoms with Gasteiger partial charge in [-0.1, -0.05) is 31.2 Å². The van der Waals surface area contributed by atoms with Crippen molar-refractivity contribution in [2.45, 2.75) is 45.7 Å². The molecule has 3 heteroatoms. The van der Waals surface area contributed by atoms with Crippen LogP contribution in [-0.2, 0) is 17.8 Å². The molecule has 1 saturated heterocycles. The number of benzene rings is 1. The van der Waals surface area contributed by atoms with Crippen LogP contribution in [-0.4, -0.2) is 28.6 Å². The molecular weight excluding hydrogens is 238 g/mol. The van der Waals surface area contributed by atoms with E-state index in [1.54, 1.807) is 0 Å². The Labute approximate surface area is 115 Å². The summed E-state index contributed by atoms with van der Waals surface area (Å²) in [6.45, 7) is 6.55. The van der Waals surface area contributed by atoms with Gasteiger partial charge in [-0.15, -0.1) is 0 Å². The Morgan fingerprint density at radius 3 is 2.63 bits per heavy atom. The molecule has 0 spiro atoms. The minimum Gasteiger partial charge on any atom is -0.481 e. The van der Waals surface area contributed by atoms with Crippen LogP contribution in [0.4, 0.5) is 0 Å². The molecule has 2 atom stereocenters. The van der Waals surface area contributed by atoms with Crippen molar-refractivity contribution in [3.05, 3.63) is 35.4 Å². The standard InChI is InChI=1S/C16H23NO2/c1-12-7-8-13(2)17(10-12)11-15-6-4-3-5-14(15)9-16(18)19/h3-6,12-13H,7-11H2,1-2H3,(H,18,19). The molecule has 2 unspecified atom stereocenters. The molecule has 1 fully saturated rings. The summed E-state index contributed by atoms with van der Waals surface area (Å²) in [6.07, 6.45) is 2.66. The topological polar surface area (TPSA) is 40.5 Å². The maximum absolute atomic E-state index is 10.9. The summed E-state index contributed by atoms with van der Waals surface area (Å²) in [5, 5.41) is 8.98. The molecular formula is C16H23NO2. The van der Waals surface area contributed by atoms with Crippen molar-refractivity contribution in [2.75, 3.05) is 6.54 Å². The molecule has 1 aromatic carbocycles. The monoisotopic (exact) mass is 261 g/mol. The van der Waals surface area contributed by atoms with Crippen LogP contribution in [0.25, 0.3) is 0 Å². The zero-order valence-electron chi connectivity index (χ0n) is 11.8. The van der Waals surface area contributed by atoms with Gasteiger partial charge in [0, 0.05) is 19.1 Å². The molecule has 0 bridgehead atoms. The van der Waals surface area contributed by atoms with Crippen molar-refractivity contribution in [1.29, 1.82) is 0 Å². The van der Waals surface area contributed by atoms with Gasteiger partial charge in [0.2, 0.25) is 0 Å². The summed E-state index contributed by atoms with van der Waals surface area (Å²) >= 11 is 0. The third-order valence-electron chi connectivity index (χ3n) is 4.08. The second-order valence-electron chi connectivity index (χ2n) is 5.80. The molecule has 1 heterocycles. The molecule has 1 aliphatic rings. The Balaban J connectivity index is 2.11. The van der Waals surface area contributed by atoms with Gasteiger partial charge >= 0.3 is 5.97 Å². The van der Waals surface area contributed by atoms with Gasteiger partial charge in [0.25, 0.3) is 0 Å². The number of aliphatic carboxylic acids is 1. The fourth-order valence-corrected chi connectivity index (χ4v) is 2.87. The van der Waals surface area contributed by atoms with Crippen LogP contribution >= 0.6 is 0 Å². The molecule has 1 aliphatic heterocycles. The molecule has 3 nitrogen and oxygen atoms in total. The van der Waals surface area contributed by atoms with Gasteiger partial charge < -0.3 is 5.11 Å². The van der Waals surface area contributed by atoms with Gasteiger partial charge in [-0.05, 0) is 36.8 Å². The predicted molar refractivity (Wildman–Crippen MR) is 76.1 cm³/mol. The maximum Gasteiger partial charge on any atom is 0.307 e. The van der Waals surface area contributed by atoms with Gasteiger partial charge in [-0.2, -0.15) is 0 Å². The highest BCUT2D eigenvalue weighted by molar-refractivity contribution is 5.70. The molecule has 2 rings (SSSR count). The van der Waals surface area contributed by atoms with E-state index >= 15 is 0 Å². The highest BCUT2D eigenvalue weighted by Gasteiger charge is 2.23. The Bertz CT molecular complexity index is 444. The van der Waals surface area contributed by atoms with E-state index in [9.17, 15) is 4.79 Å². The highest BCUT2D eigenvalue weighted by atomic mass is 16.4. The van der Waals surface area contributed by atoms with E-state index in [0.29, 0.717) is 6.04 Å². The fourth-order valence-electron chi connectivity index (χ4n) is 2.87. The van der Waals surface area contributed by atoms with Crippen LogP contribution < -0.4 is 0 Å². The summed E-state index contributed by atoms with van der Waals surface area (Å²) in [5.41, 5.74) is 2.10. The lowest BCUT2D eigenvalue weighted by molar-refractivity contribution is -0.136. The molecule has 0 amide bonds. The number of piperidine rings is 1. The van der Waals surface area contributed by atoms with Crippen LogP contribution in [0.1, 0.15) is 37.8 Å². The minimum atomic E-state index is -0.757. The summed E-state index contributed by atoms with van der Waals surface area (Å²) in [5.74, 6) is -0.0182. The van der Waals surface area contributed by atoms with E-state index in [4.69, 9.17) is 5.11 Å². The summed E-state index contributed by atoms with van der Waals surface area (Å²) in [7, 11) is 0. The summed E-state index contributed by atoms with van der Waals surface area (Å²) in [4.78, 5) is 13.4. The van der Waals surface area contributed by atoms with Gasteiger partial charge in [0.15, 0.2) is 0 Å². The first-order valence-corrected chi connectivity index (χ1v) is 7.09. The van der Waals surface area contributed by atoms with E-state index in [1.807, 2.05) is 18.2 Å². The van der Waals surface area contributed by atoms with Gasteiger partial charge in [0.05, 0.1) is 6.42 Å². The fraction of sp³-hybridized carbons (Fsp3) is 0.562. The smallest absolute Gasteiger partial charge is 0.307 e. The minimum absolute atomic E-state index is 0.119. The lowest BCUT2D eigenvalue weighted by atomic mass is 9.94. The number of likely N-dealkylation sites (tertiary alicyclic amines) is 1. The highest BCUT2D eigenvalue weighted by Crippen LogP contribution is 2.24. The number of carbonyl (C=O) groups is 1. The lowest BCUT2D eigenvalue weighted by Crippen LogP contribution is -2.40. The average Bonchev–Trinajstić information content (AvgIpc) is 2.35. The van der Waals surface area contributed by atoms with Crippen molar-refractivity contribution < 1.29 is 9.90 Å². The molecule has 0 aromatic heterocycles. The molecule has 19 heavy (non-hydrogen) atoms. The second-order valence-corrected chi connectivity index (χ2v) is 5.80. The van der Waals surface area contributed by atoms with Crippen molar-refractivity contribution in [3.63, 3.8) is 0 Å². The third-order valence-corrected chi connectivity index (χ3v) is 4.08. The molecule has 0 aliphatic carbocycles. The quantitative estimate of drug-likeness (QED) is 0.906. The SMILES string of the molecule is CC1CCC(C)N(Cc2ccccc2CC(=O)O)C1. The van der Waals surface area contributed by atoms with Crippen molar-refractivity contribution in [3.8, 4) is 0 Å². The molecule has 0 radical (unpaired) electrons. The molecule has 1 N–H and O–H groups in total. The van der Waals surface area contributed by atoms with Crippen LogP contribution in [0.15, 0.2) is 24.3 Å².